The van der Waals surface area contributed by atoms with Crippen LogP contribution in [0.15, 0.2) is 0 Å². The lowest BCUT2D eigenvalue weighted by atomic mass is 9.78. The summed E-state index contributed by atoms with van der Waals surface area (Å²) >= 11 is 0. The predicted molar refractivity (Wildman–Crippen MR) is 73.7 cm³/mol. The SMILES string of the molecule is CCCNNC(C)(C)C1CCCCCC2CC21. The van der Waals surface area contributed by atoms with Crippen LogP contribution >= 0.6 is 0 Å². The molecule has 0 heterocycles. The number of hydrazine groups is 1. The Hall–Kier alpha value is -0.0800. The minimum atomic E-state index is 0.256. The summed E-state index contributed by atoms with van der Waals surface area (Å²) in [5.74, 6) is 2.95. The first kappa shape index (κ1) is 13.4. The summed E-state index contributed by atoms with van der Waals surface area (Å²) < 4.78 is 0. The zero-order valence-electron chi connectivity index (χ0n) is 11.9. The summed E-state index contributed by atoms with van der Waals surface area (Å²) in [7, 11) is 0. The minimum absolute atomic E-state index is 0.256. The molecule has 0 radical (unpaired) electrons. The van der Waals surface area contributed by atoms with Crippen LogP contribution in [0.5, 0.6) is 0 Å². The first-order chi connectivity index (χ1) is 8.15. The van der Waals surface area contributed by atoms with Gasteiger partial charge in [-0.3, -0.25) is 10.9 Å². The van der Waals surface area contributed by atoms with Gasteiger partial charge in [0.1, 0.15) is 0 Å². The van der Waals surface area contributed by atoms with Crippen LogP contribution < -0.4 is 10.9 Å². The lowest BCUT2D eigenvalue weighted by Gasteiger charge is -2.37. The van der Waals surface area contributed by atoms with Crippen LogP contribution in [0.3, 0.4) is 0 Å². The number of fused-ring (bicyclic) bond motifs is 1. The highest BCUT2D eigenvalue weighted by Gasteiger charge is 2.48. The fourth-order valence-corrected chi connectivity index (χ4v) is 3.66. The first-order valence-electron chi connectivity index (χ1n) is 7.65. The smallest absolute Gasteiger partial charge is 0.0298 e. The molecule has 2 rings (SSSR count). The summed E-state index contributed by atoms with van der Waals surface area (Å²) in [6.07, 6.45) is 10.00. The highest BCUT2D eigenvalue weighted by Crippen LogP contribution is 2.53. The van der Waals surface area contributed by atoms with Crippen molar-refractivity contribution in [2.45, 2.75) is 71.3 Å². The Morgan fingerprint density at radius 2 is 1.88 bits per heavy atom. The molecule has 2 aliphatic rings. The summed E-state index contributed by atoms with van der Waals surface area (Å²) in [5, 5.41) is 0. The standard InChI is InChI=1S/C15H30N2/c1-4-10-16-17-15(2,3)14-9-7-5-6-8-12-11-13(12)14/h12-14,16-17H,4-11H2,1-3H3. The molecule has 3 atom stereocenters. The van der Waals surface area contributed by atoms with Gasteiger partial charge in [-0.1, -0.05) is 32.6 Å². The number of nitrogens with one attached hydrogen (secondary N) is 2. The molecule has 2 heteroatoms. The molecular formula is C15H30N2. The van der Waals surface area contributed by atoms with Crippen molar-refractivity contribution in [3.8, 4) is 0 Å². The van der Waals surface area contributed by atoms with Gasteiger partial charge >= 0.3 is 0 Å². The molecule has 0 saturated heterocycles. The van der Waals surface area contributed by atoms with Crippen molar-refractivity contribution < 1.29 is 0 Å². The Labute approximate surface area is 107 Å². The van der Waals surface area contributed by atoms with Crippen LogP contribution in [0.4, 0.5) is 0 Å². The lowest BCUT2D eigenvalue weighted by molar-refractivity contribution is 0.171. The third-order valence-corrected chi connectivity index (χ3v) is 4.80. The molecule has 17 heavy (non-hydrogen) atoms. The van der Waals surface area contributed by atoms with Crippen molar-refractivity contribution in [1.29, 1.82) is 0 Å². The highest BCUT2D eigenvalue weighted by atomic mass is 15.4. The van der Waals surface area contributed by atoms with Gasteiger partial charge in [0, 0.05) is 12.1 Å². The third-order valence-electron chi connectivity index (χ3n) is 4.80. The molecular weight excluding hydrogens is 208 g/mol. The maximum Gasteiger partial charge on any atom is 0.0298 e. The van der Waals surface area contributed by atoms with Crippen LogP contribution in [0.1, 0.15) is 65.7 Å². The Morgan fingerprint density at radius 1 is 1.12 bits per heavy atom. The molecule has 2 nitrogen and oxygen atoms in total. The molecule has 0 spiro atoms. The molecule has 2 N–H and O–H groups in total. The van der Waals surface area contributed by atoms with Crippen molar-refractivity contribution in [2.24, 2.45) is 17.8 Å². The van der Waals surface area contributed by atoms with E-state index in [0.717, 1.165) is 24.3 Å². The normalized spacial score (nSPS) is 33.7. The molecule has 0 aromatic rings. The zero-order chi connectivity index (χ0) is 12.3. The Morgan fingerprint density at radius 3 is 2.65 bits per heavy atom. The predicted octanol–water partition coefficient (Wildman–Crippen LogP) is 3.49. The topological polar surface area (TPSA) is 24.1 Å². The van der Waals surface area contributed by atoms with Gasteiger partial charge < -0.3 is 0 Å². The maximum absolute atomic E-state index is 3.58. The van der Waals surface area contributed by atoms with Gasteiger partial charge in [0.25, 0.3) is 0 Å². The van der Waals surface area contributed by atoms with E-state index in [1.807, 2.05) is 0 Å². The number of rotatable bonds is 5. The van der Waals surface area contributed by atoms with E-state index < -0.39 is 0 Å². The summed E-state index contributed by atoms with van der Waals surface area (Å²) in [6.45, 7) is 8.06. The van der Waals surface area contributed by atoms with Crippen molar-refractivity contribution in [2.75, 3.05) is 6.54 Å². The highest BCUT2D eigenvalue weighted by molar-refractivity contribution is 5.00. The van der Waals surface area contributed by atoms with Gasteiger partial charge in [0.15, 0.2) is 0 Å². The second-order valence-corrected chi connectivity index (χ2v) is 6.68. The average Bonchev–Trinajstić information content (AvgIpc) is 2.96. The monoisotopic (exact) mass is 238 g/mol. The molecule has 2 saturated carbocycles. The van der Waals surface area contributed by atoms with Crippen LogP contribution in [0.2, 0.25) is 0 Å². The van der Waals surface area contributed by atoms with Crippen LogP contribution in [-0.4, -0.2) is 12.1 Å². The summed E-state index contributed by atoms with van der Waals surface area (Å²) in [6, 6.07) is 0. The van der Waals surface area contributed by atoms with E-state index in [9.17, 15) is 0 Å². The van der Waals surface area contributed by atoms with E-state index in [1.165, 1.54) is 44.9 Å². The van der Waals surface area contributed by atoms with Crippen molar-refractivity contribution in [3.63, 3.8) is 0 Å². The largest absolute Gasteiger partial charge is 0.257 e. The van der Waals surface area contributed by atoms with Gasteiger partial charge in [-0.15, -0.1) is 0 Å². The van der Waals surface area contributed by atoms with Gasteiger partial charge in [-0.05, 0) is 50.9 Å². The minimum Gasteiger partial charge on any atom is -0.257 e. The molecule has 0 bridgehead atoms. The second kappa shape index (κ2) is 5.71. The van der Waals surface area contributed by atoms with E-state index in [4.69, 9.17) is 0 Å². The van der Waals surface area contributed by atoms with E-state index >= 15 is 0 Å². The number of hydrogen-bond donors (Lipinski definition) is 2. The van der Waals surface area contributed by atoms with E-state index in [1.54, 1.807) is 0 Å². The molecule has 0 aliphatic heterocycles. The van der Waals surface area contributed by atoms with E-state index in [2.05, 4.69) is 31.6 Å². The molecule has 100 valence electrons. The molecule has 2 fully saturated rings. The Kier molecular flexibility index (Phi) is 4.48. The summed E-state index contributed by atoms with van der Waals surface area (Å²) in [4.78, 5) is 0. The summed E-state index contributed by atoms with van der Waals surface area (Å²) in [5.41, 5.74) is 7.24. The molecule has 0 amide bonds. The fraction of sp³-hybridized carbons (Fsp3) is 1.00. The van der Waals surface area contributed by atoms with Crippen LogP contribution in [0.25, 0.3) is 0 Å². The van der Waals surface area contributed by atoms with E-state index in [-0.39, 0.29) is 5.54 Å². The van der Waals surface area contributed by atoms with Crippen molar-refractivity contribution >= 4 is 0 Å². The second-order valence-electron chi connectivity index (χ2n) is 6.68. The zero-order valence-corrected chi connectivity index (χ0v) is 11.9. The fourth-order valence-electron chi connectivity index (χ4n) is 3.66. The lowest BCUT2D eigenvalue weighted by Crippen LogP contribution is -2.53. The van der Waals surface area contributed by atoms with Gasteiger partial charge in [0.2, 0.25) is 0 Å². The first-order valence-corrected chi connectivity index (χ1v) is 7.65. The maximum atomic E-state index is 3.58. The van der Waals surface area contributed by atoms with Crippen LogP contribution in [-0.2, 0) is 0 Å². The average molecular weight is 238 g/mol. The van der Waals surface area contributed by atoms with Gasteiger partial charge in [-0.25, -0.2) is 0 Å². The molecule has 0 aromatic carbocycles. The van der Waals surface area contributed by atoms with Crippen LogP contribution in [0, 0.1) is 17.8 Å². The Balaban J connectivity index is 1.88. The quantitative estimate of drug-likeness (QED) is 0.566. The molecule has 3 unspecified atom stereocenters. The van der Waals surface area contributed by atoms with Crippen molar-refractivity contribution in [1.82, 2.24) is 10.9 Å². The Bertz CT molecular complexity index is 237. The molecule has 2 aliphatic carbocycles. The molecule has 0 aromatic heterocycles. The number of hydrogen-bond acceptors (Lipinski definition) is 2. The van der Waals surface area contributed by atoms with E-state index in [0.29, 0.717) is 0 Å². The van der Waals surface area contributed by atoms with Gasteiger partial charge in [0.05, 0.1) is 0 Å². The van der Waals surface area contributed by atoms with Crippen molar-refractivity contribution in [3.05, 3.63) is 0 Å². The third kappa shape index (κ3) is 3.45. The van der Waals surface area contributed by atoms with Gasteiger partial charge in [-0.2, -0.15) is 0 Å².